The normalized spacial score (nSPS) is 12.1. The second-order valence-corrected chi connectivity index (χ2v) is 8.73. The molecule has 142 valence electrons. The molecule has 3 rings (SSSR count). The maximum Gasteiger partial charge on any atom is 0.435 e. The Morgan fingerprint density at radius 2 is 1.85 bits per heavy atom. The average Bonchev–Trinajstić information content (AvgIpc) is 3.12. The van der Waals surface area contributed by atoms with Crippen LogP contribution in [0.2, 0.25) is 0 Å². The van der Waals surface area contributed by atoms with E-state index in [-0.39, 0.29) is 22.0 Å². The van der Waals surface area contributed by atoms with Crippen molar-refractivity contribution < 1.29 is 21.6 Å². The van der Waals surface area contributed by atoms with E-state index in [0.29, 0.717) is 6.54 Å². The van der Waals surface area contributed by atoms with Gasteiger partial charge in [0.15, 0.2) is 15.5 Å². The number of nitrogens with zero attached hydrogens (tertiary/aromatic N) is 2. The molecule has 3 aromatic rings. The van der Waals surface area contributed by atoms with E-state index in [2.05, 4.69) is 15.3 Å². The third kappa shape index (κ3) is 4.64. The fraction of sp³-hybridized carbons (Fsp3) is 0.176. The lowest BCUT2D eigenvalue weighted by Gasteiger charge is -2.13. The zero-order valence-corrected chi connectivity index (χ0v) is 15.6. The summed E-state index contributed by atoms with van der Waals surface area (Å²) in [6, 6.07) is 8.84. The Hall–Kier alpha value is -2.46. The van der Waals surface area contributed by atoms with Crippen molar-refractivity contribution in [1.82, 2.24) is 9.97 Å². The number of rotatable bonds is 5. The fourth-order valence-corrected chi connectivity index (χ4v) is 3.61. The number of thiophene rings is 1. The largest absolute Gasteiger partial charge is 0.435 e. The van der Waals surface area contributed by atoms with Gasteiger partial charge in [-0.15, -0.1) is 11.3 Å². The van der Waals surface area contributed by atoms with Crippen LogP contribution < -0.4 is 5.32 Å². The Kier molecular flexibility index (Phi) is 5.20. The Bertz CT molecular complexity index is 1030. The molecule has 0 spiro atoms. The minimum absolute atomic E-state index is 0.0137. The number of hydrogen-bond donors (Lipinski definition) is 1. The molecule has 0 saturated heterocycles. The van der Waals surface area contributed by atoms with Gasteiger partial charge in [-0.05, 0) is 23.6 Å². The molecule has 0 aliphatic carbocycles. The molecule has 1 aromatic carbocycles. The van der Waals surface area contributed by atoms with E-state index < -0.39 is 21.7 Å². The van der Waals surface area contributed by atoms with Crippen LogP contribution in [0.5, 0.6) is 0 Å². The molecule has 0 aliphatic rings. The van der Waals surface area contributed by atoms with Crippen molar-refractivity contribution in [3.63, 3.8) is 0 Å². The number of halogens is 3. The molecule has 27 heavy (non-hydrogen) atoms. The minimum atomic E-state index is -4.69. The molecule has 1 N–H and O–H groups in total. The highest BCUT2D eigenvalue weighted by Gasteiger charge is 2.36. The summed E-state index contributed by atoms with van der Waals surface area (Å²) in [6.45, 7) is 0.407. The average molecular weight is 413 g/mol. The van der Waals surface area contributed by atoms with E-state index in [1.807, 2.05) is 17.5 Å². The molecule has 2 aromatic heterocycles. The smallest absolute Gasteiger partial charge is 0.364 e. The Balaban J connectivity index is 1.98. The van der Waals surface area contributed by atoms with Crippen LogP contribution >= 0.6 is 11.3 Å². The standard InChI is InChI=1S/C17H14F3N3O2S2/c1-27(24,25)13-6-4-11(5-7-13)15-16(17(18,19)20)22-10-14(23-15)21-9-12-3-2-8-26-12/h2-8,10H,9H2,1H3,(H,21,23). The Morgan fingerprint density at radius 1 is 1.15 bits per heavy atom. The lowest BCUT2D eigenvalue weighted by molar-refractivity contribution is -0.140. The summed E-state index contributed by atoms with van der Waals surface area (Å²) in [5, 5.41) is 4.84. The van der Waals surface area contributed by atoms with Gasteiger partial charge >= 0.3 is 6.18 Å². The summed E-state index contributed by atoms with van der Waals surface area (Å²) in [7, 11) is -3.45. The van der Waals surface area contributed by atoms with Gasteiger partial charge in [0.05, 0.1) is 17.6 Å². The van der Waals surface area contributed by atoms with Crippen molar-refractivity contribution in [2.24, 2.45) is 0 Å². The predicted octanol–water partition coefficient (Wildman–Crippen LogP) is 4.24. The molecule has 10 heteroatoms. The predicted molar refractivity (Wildman–Crippen MR) is 97.2 cm³/mol. The molecule has 0 unspecified atom stereocenters. The van der Waals surface area contributed by atoms with Crippen molar-refractivity contribution in [2.45, 2.75) is 17.6 Å². The lowest BCUT2D eigenvalue weighted by atomic mass is 10.1. The van der Waals surface area contributed by atoms with Gasteiger partial charge in [0, 0.05) is 16.7 Å². The molecule has 0 amide bonds. The number of aromatic nitrogens is 2. The summed E-state index contributed by atoms with van der Waals surface area (Å²) in [4.78, 5) is 8.60. The van der Waals surface area contributed by atoms with Gasteiger partial charge in [0.25, 0.3) is 0 Å². The summed E-state index contributed by atoms with van der Waals surface area (Å²) in [6.07, 6.45) is -2.63. The van der Waals surface area contributed by atoms with Crippen LogP contribution in [-0.4, -0.2) is 24.6 Å². The van der Waals surface area contributed by atoms with Crippen molar-refractivity contribution >= 4 is 27.0 Å². The second kappa shape index (κ2) is 7.28. The first-order chi connectivity index (χ1) is 12.6. The zero-order valence-electron chi connectivity index (χ0n) is 14.0. The highest BCUT2D eigenvalue weighted by molar-refractivity contribution is 7.90. The van der Waals surface area contributed by atoms with E-state index in [9.17, 15) is 21.6 Å². The Labute approximate surface area is 157 Å². The molecular weight excluding hydrogens is 399 g/mol. The quantitative estimate of drug-likeness (QED) is 0.677. The van der Waals surface area contributed by atoms with E-state index in [4.69, 9.17) is 0 Å². The number of benzene rings is 1. The SMILES string of the molecule is CS(=O)(=O)c1ccc(-c2nc(NCc3cccs3)cnc2C(F)(F)F)cc1. The van der Waals surface area contributed by atoms with E-state index >= 15 is 0 Å². The summed E-state index contributed by atoms with van der Waals surface area (Å²) >= 11 is 1.51. The zero-order chi connectivity index (χ0) is 19.7. The monoisotopic (exact) mass is 413 g/mol. The van der Waals surface area contributed by atoms with Gasteiger partial charge in [-0.1, -0.05) is 18.2 Å². The molecule has 0 radical (unpaired) electrons. The number of anilines is 1. The number of alkyl halides is 3. The summed E-state index contributed by atoms with van der Waals surface area (Å²) < 4.78 is 63.1. The molecule has 0 saturated carbocycles. The van der Waals surface area contributed by atoms with Crippen LogP contribution in [0.3, 0.4) is 0 Å². The van der Waals surface area contributed by atoms with Crippen LogP contribution in [-0.2, 0) is 22.6 Å². The number of sulfone groups is 1. The first-order valence-electron chi connectivity index (χ1n) is 7.65. The minimum Gasteiger partial charge on any atom is -0.364 e. The van der Waals surface area contributed by atoms with Crippen LogP contribution in [0.15, 0.2) is 52.9 Å². The molecular formula is C17H14F3N3O2S2. The van der Waals surface area contributed by atoms with Gasteiger partial charge in [0.1, 0.15) is 11.5 Å². The first kappa shape index (κ1) is 19.3. The molecule has 0 aliphatic heterocycles. The van der Waals surface area contributed by atoms with Crippen molar-refractivity contribution in [2.75, 3.05) is 11.6 Å². The Morgan fingerprint density at radius 3 is 2.41 bits per heavy atom. The highest BCUT2D eigenvalue weighted by Crippen LogP contribution is 2.35. The molecule has 5 nitrogen and oxygen atoms in total. The first-order valence-corrected chi connectivity index (χ1v) is 10.4. The maximum absolute atomic E-state index is 13.3. The van der Waals surface area contributed by atoms with Crippen molar-refractivity contribution in [3.8, 4) is 11.3 Å². The summed E-state index contributed by atoms with van der Waals surface area (Å²) in [5.41, 5.74) is -1.36. The highest BCUT2D eigenvalue weighted by atomic mass is 32.2. The fourth-order valence-electron chi connectivity index (χ4n) is 2.33. The van der Waals surface area contributed by atoms with E-state index in [1.165, 1.54) is 35.6 Å². The third-order valence-corrected chi connectivity index (χ3v) is 5.63. The lowest BCUT2D eigenvalue weighted by Crippen LogP contribution is -2.13. The van der Waals surface area contributed by atoms with Gasteiger partial charge < -0.3 is 5.32 Å². The van der Waals surface area contributed by atoms with Gasteiger partial charge in [0.2, 0.25) is 0 Å². The number of hydrogen-bond acceptors (Lipinski definition) is 6. The molecule has 0 atom stereocenters. The molecule has 2 heterocycles. The molecule has 0 fully saturated rings. The topological polar surface area (TPSA) is 72.0 Å². The van der Waals surface area contributed by atoms with E-state index in [0.717, 1.165) is 17.3 Å². The van der Waals surface area contributed by atoms with Crippen LogP contribution in [0.25, 0.3) is 11.3 Å². The van der Waals surface area contributed by atoms with Crippen molar-refractivity contribution in [3.05, 3.63) is 58.5 Å². The van der Waals surface area contributed by atoms with Crippen LogP contribution in [0.1, 0.15) is 10.6 Å². The van der Waals surface area contributed by atoms with Gasteiger partial charge in [-0.2, -0.15) is 13.2 Å². The van der Waals surface area contributed by atoms with Crippen molar-refractivity contribution in [1.29, 1.82) is 0 Å². The van der Waals surface area contributed by atoms with E-state index in [1.54, 1.807) is 0 Å². The van der Waals surface area contributed by atoms with Gasteiger partial charge in [-0.25, -0.2) is 18.4 Å². The maximum atomic E-state index is 13.3. The van der Waals surface area contributed by atoms with Gasteiger partial charge in [-0.3, -0.25) is 0 Å². The van der Waals surface area contributed by atoms with Crippen LogP contribution in [0, 0.1) is 0 Å². The molecule has 0 bridgehead atoms. The summed E-state index contributed by atoms with van der Waals surface area (Å²) in [5.74, 6) is 0.193. The second-order valence-electron chi connectivity index (χ2n) is 5.68. The number of nitrogens with one attached hydrogen (secondary N) is 1. The third-order valence-electron chi connectivity index (χ3n) is 3.62. The van der Waals surface area contributed by atoms with Crippen LogP contribution in [0.4, 0.5) is 19.0 Å².